The summed E-state index contributed by atoms with van der Waals surface area (Å²) < 4.78 is 0. The molecule has 0 amide bonds. The molecular weight excluding hydrogens is 254 g/mol. The molecule has 0 atom stereocenters. The first kappa shape index (κ1) is 13.9. The van der Waals surface area contributed by atoms with E-state index in [0.717, 1.165) is 16.3 Å². The molecule has 100 valence electrons. The van der Waals surface area contributed by atoms with Crippen molar-refractivity contribution in [3.63, 3.8) is 0 Å². The van der Waals surface area contributed by atoms with Crippen molar-refractivity contribution >= 4 is 17.1 Å². The van der Waals surface area contributed by atoms with Gasteiger partial charge in [-0.2, -0.15) is 0 Å². The van der Waals surface area contributed by atoms with Crippen molar-refractivity contribution in [2.24, 2.45) is 0 Å². The number of Topliss-reactive ketones (excluding diaryl/α,β-unsaturated/α-hetero) is 1. The fraction of sp³-hybridized carbons (Fsp3) is 0.375. The molecule has 0 radical (unpaired) electrons. The number of thiazole rings is 1. The van der Waals surface area contributed by atoms with Gasteiger partial charge in [0.15, 0.2) is 0 Å². The molecule has 2 aromatic rings. The molecule has 1 heterocycles. The zero-order valence-electron chi connectivity index (χ0n) is 11.9. The maximum absolute atomic E-state index is 12.1. The molecule has 0 aliphatic carbocycles. The van der Waals surface area contributed by atoms with Crippen molar-refractivity contribution in [3.8, 4) is 0 Å². The second-order valence-corrected chi connectivity index (χ2v) is 6.36. The lowest BCUT2D eigenvalue weighted by atomic mass is 10.00. The summed E-state index contributed by atoms with van der Waals surface area (Å²) in [4.78, 5) is 17.8. The molecule has 0 fully saturated rings. The number of benzene rings is 1. The van der Waals surface area contributed by atoms with E-state index >= 15 is 0 Å². The third-order valence-electron chi connectivity index (χ3n) is 3.31. The Kier molecular flexibility index (Phi) is 4.15. The molecule has 2 nitrogen and oxygen atoms in total. The van der Waals surface area contributed by atoms with E-state index in [1.165, 1.54) is 16.0 Å². The van der Waals surface area contributed by atoms with E-state index in [4.69, 9.17) is 0 Å². The predicted octanol–water partition coefficient (Wildman–Crippen LogP) is 3.73. The Morgan fingerprint density at radius 1 is 1.16 bits per heavy atom. The van der Waals surface area contributed by atoms with Crippen molar-refractivity contribution < 1.29 is 4.79 Å². The summed E-state index contributed by atoms with van der Waals surface area (Å²) in [5.74, 6) is 0.238. The molecule has 2 rings (SSSR count). The van der Waals surface area contributed by atoms with Crippen LogP contribution >= 0.6 is 11.3 Å². The van der Waals surface area contributed by atoms with E-state index in [1.807, 2.05) is 13.8 Å². The number of ketones is 1. The molecule has 0 aliphatic heterocycles. The van der Waals surface area contributed by atoms with Gasteiger partial charge >= 0.3 is 0 Å². The second-order valence-electron chi connectivity index (χ2n) is 5.07. The van der Waals surface area contributed by atoms with Crippen molar-refractivity contribution in [2.45, 2.75) is 40.5 Å². The van der Waals surface area contributed by atoms with Gasteiger partial charge in [0.1, 0.15) is 10.8 Å². The summed E-state index contributed by atoms with van der Waals surface area (Å²) in [7, 11) is 0. The Balaban J connectivity index is 2.07. The number of carbonyl (C=O) groups is 1. The summed E-state index contributed by atoms with van der Waals surface area (Å²) in [6.07, 6.45) is 0.956. The summed E-state index contributed by atoms with van der Waals surface area (Å²) in [6, 6.07) is 6.26. The molecule has 0 saturated carbocycles. The van der Waals surface area contributed by atoms with Gasteiger partial charge in [0.05, 0.1) is 12.1 Å². The Morgan fingerprint density at radius 3 is 2.53 bits per heavy atom. The molecule has 3 heteroatoms. The van der Waals surface area contributed by atoms with Crippen molar-refractivity contribution in [3.05, 3.63) is 50.5 Å². The van der Waals surface area contributed by atoms with Crippen LogP contribution in [0.2, 0.25) is 0 Å². The van der Waals surface area contributed by atoms with E-state index < -0.39 is 0 Å². The number of aryl methyl sites for hydroxylation is 4. The molecule has 19 heavy (non-hydrogen) atoms. The Morgan fingerprint density at radius 2 is 1.89 bits per heavy atom. The first-order valence-electron chi connectivity index (χ1n) is 6.46. The third-order valence-corrected chi connectivity index (χ3v) is 4.39. The van der Waals surface area contributed by atoms with Crippen LogP contribution in [0.3, 0.4) is 0 Å². The lowest BCUT2D eigenvalue weighted by molar-refractivity contribution is -0.117. The van der Waals surface area contributed by atoms with Crippen LogP contribution in [0.15, 0.2) is 18.2 Å². The smallest absolute Gasteiger partial charge is 0.144 e. The third kappa shape index (κ3) is 3.51. The molecule has 0 spiro atoms. The summed E-state index contributed by atoms with van der Waals surface area (Å²) >= 11 is 1.63. The molecule has 0 aliphatic rings. The minimum atomic E-state index is 0.238. The van der Waals surface area contributed by atoms with Crippen LogP contribution in [-0.2, 0) is 17.6 Å². The standard InChI is InChI=1S/C16H19NOS/c1-10-5-6-11(2)14(7-10)8-15(18)9-16-17-12(3)13(4)19-16/h5-7H,8-9H2,1-4H3. The fourth-order valence-corrected chi connectivity index (χ4v) is 3.01. The minimum Gasteiger partial charge on any atom is -0.299 e. The first-order valence-corrected chi connectivity index (χ1v) is 7.28. The van der Waals surface area contributed by atoms with Crippen LogP contribution in [0, 0.1) is 27.7 Å². The second kappa shape index (κ2) is 5.66. The zero-order chi connectivity index (χ0) is 14.0. The number of hydrogen-bond donors (Lipinski definition) is 0. The van der Waals surface area contributed by atoms with Gasteiger partial charge in [-0.05, 0) is 38.8 Å². The van der Waals surface area contributed by atoms with Crippen LogP contribution in [0.5, 0.6) is 0 Å². The van der Waals surface area contributed by atoms with Gasteiger partial charge in [-0.15, -0.1) is 11.3 Å². The topological polar surface area (TPSA) is 30.0 Å². The van der Waals surface area contributed by atoms with Crippen molar-refractivity contribution in [1.29, 1.82) is 0 Å². The molecule has 0 unspecified atom stereocenters. The van der Waals surface area contributed by atoms with E-state index in [0.29, 0.717) is 12.8 Å². The van der Waals surface area contributed by atoms with Gasteiger partial charge < -0.3 is 0 Å². The van der Waals surface area contributed by atoms with E-state index in [9.17, 15) is 4.79 Å². The fourth-order valence-electron chi connectivity index (χ4n) is 2.05. The predicted molar refractivity (Wildman–Crippen MR) is 79.9 cm³/mol. The molecular formula is C16H19NOS. The van der Waals surface area contributed by atoms with E-state index in [-0.39, 0.29) is 5.78 Å². The molecule has 0 N–H and O–H groups in total. The summed E-state index contributed by atoms with van der Waals surface area (Å²) in [6.45, 7) is 8.15. The molecule has 0 saturated heterocycles. The maximum Gasteiger partial charge on any atom is 0.144 e. The van der Waals surface area contributed by atoms with Gasteiger partial charge in [0.2, 0.25) is 0 Å². The van der Waals surface area contributed by atoms with Crippen LogP contribution in [0.4, 0.5) is 0 Å². The largest absolute Gasteiger partial charge is 0.299 e. The normalized spacial score (nSPS) is 10.7. The van der Waals surface area contributed by atoms with Crippen molar-refractivity contribution in [1.82, 2.24) is 4.98 Å². The van der Waals surface area contributed by atoms with Gasteiger partial charge in [-0.25, -0.2) is 4.98 Å². The Hall–Kier alpha value is -1.48. The van der Waals surface area contributed by atoms with Crippen molar-refractivity contribution in [2.75, 3.05) is 0 Å². The highest BCUT2D eigenvalue weighted by atomic mass is 32.1. The average Bonchev–Trinajstić information content (AvgIpc) is 2.63. The molecule has 0 bridgehead atoms. The number of nitrogens with zero attached hydrogens (tertiary/aromatic N) is 1. The number of carbonyl (C=O) groups excluding carboxylic acids is 1. The summed E-state index contributed by atoms with van der Waals surface area (Å²) in [5.41, 5.74) is 4.56. The first-order chi connectivity index (χ1) is 8.95. The highest BCUT2D eigenvalue weighted by Crippen LogP contribution is 2.18. The van der Waals surface area contributed by atoms with Gasteiger partial charge in [-0.1, -0.05) is 23.8 Å². The van der Waals surface area contributed by atoms with Gasteiger partial charge in [0.25, 0.3) is 0 Å². The van der Waals surface area contributed by atoms with Gasteiger partial charge in [0, 0.05) is 11.3 Å². The summed E-state index contributed by atoms with van der Waals surface area (Å²) in [5, 5.41) is 0.935. The van der Waals surface area contributed by atoms with E-state index in [2.05, 4.69) is 37.0 Å². The lowest BCUT2D eigenvalue weighted by Crippen LogP contribution is -2.07. The Bertz CT molecular complexity index is 594. The number of rotatable bonds is 4. The highest BCUT2D eigenvalue weighted by molar-refractivity contribution is 7.11. The van der Waals surface area contributed by atoms with Gasteiger partial charge in [-0.3, -0.25) is 4.79 Å². The average molecular weight is 273 g/mol. The quantitative estimate of drug-likeness (QED) is 0.849. The number of aromatic nitrogens is 1. The van der Waals surface area contributed by atoms with Crippen LogP contribution in [0.1, 0.15) is 32.3 Å². The zero-order valence-corrected chi connectivity index (χ0v) is 12.7. The lowest BCUT2D eigenvalue weighted by Gasteiger charge is -2.05. The Labute approximate surface area is 118 Å². The SMILES string of the molecule is Cc1ccc(C)c(CC(=O)Cc2nc(C)c(C)s2)c1. The van der Waals surface area contributed by atoms with Crippen LogP contribution in [0.25, 0.3) is 0 Å². The monoisotopic (exact) mass is 273 g/mol. The highest BCUT2D eigenvalue weighted by Gasteiger charge is 2.11. The minimum absolute atomic E-state index is 0.238. The van der Waals surface area contributed by atoms with Crippen LogP contribution in [-0.4, -0.2) is 10.8 Å². The number of hydrogen-bond acceptors (Lipinski definition) is 3. The molecule has 1 aromatic carbocycles. The van der Waals surface area contributed by atoms with E-state index in [1.54, 1.807) is 11.3 Å². The maximum atomic E-state index is 12.1. The van der Waals surface area contributed by atoms with Crippen LogP contribution < -0.4 is 0 Å². The molecule has 1 aromatic heterocycles.